The smallest absolute Gasteiger partial charge is 0.137 e. The van der Waals surface area contributed by atoms with Gasteiger partial charge in [0.05, 0.1) is 0 Å². The van der Waals surface area contributed by atoms with Crippen molar-refractivity contribution in [2.24, 2.45) is 0 Å². The standard InChI is InChI=1S/C11H18N4/c1-2-4-10(3-1)15-8-13-14-11(15)9-5-6-12-7-9/h8-10,12H,1-7H2. The fourth-order valence-electron chi connectivity index (χ4n) is 2.88. The van der Waals surface area contributed by atoms with Gasteiger partial charge in [-0.3, -0.25) is 0 Å². The maximum absolute atomic E-state index is 4.32. The summed E-state index contributed by atoms with van der Waals surface area (Å²) in [5.41, 5.74) is 0. The van der Waals surface area contributed by atoms with Crippen LogP contribution in [0.25, 0.3) is 0 Å². The zero-order valence-corrected chi connectivity index (χ0v) is 9.02. The molecule has 1 aromatic rings. The van der Waals surface area contributed by atoms with Crippen molar-refractivity contribution in [1.29, 1.82) is 0 Å². The first-order valence-corrected chi connectivity index (χ1v) is 6.05. The number of hydrogen-bond donors (Lipinski definition) is 1. The summed E-state index contributed by atoms with van der Waals surface area (Å²) < 4.78 is 2.34. The first-order valence-electron chi connectivity index (χ1n) is 6.05. The van der Waals surface area contributed by atoms with Gasteiger partial charge in [0, 0.05) is 18.5 Å². The minimum atomic E-state index is 0.591. The van der Waals surface area contributed by atoms with Crippen LogP contribution in [-0.4, -0.2) is 27.9 Å². The van der Waals surface area contributed by atoms with Crippen molar-refractivity contribution in [3.05, 3.63) is 12.2 Å². The van der Waals surface area contributed by atoms with E-state index >= 15 is 0 Å². The molecule has 1 atom stereocenters. The maximum Gasteiger partial charge on any atom is 0.137 e. The Morgan fingerprint density at radius 1 is 1.27 bits per heavy atom. The summed E-state index contributed by atoms with van der Waals surface area (Å²) in [5.74, 6) is 1.81. The molecule has 2 heterocycles. The Labute approximate surface area is 90.1 Å². The normalized spacial score (nSPS) is 27.6. The van der Waals surface area contributed by atoms with Gasteiger partial charge in [0.1, 0.15) is 12.2 Å². The number of hydrogen-bond acceptors (Lipinski definition) is 3. The molecule has 0 radical (unpaired) electrons. The summed E-state index contributed by atoms with van der Waals surface area (Å²) in [6, 6.07) is 0.676. The Hall–Kier alpha value is -0.900. The van der Waals surface area contributed by atoms with E-state index in [1.807, 2.05) is 6.33 Å². The van der Waals surface area contributed by atoms with E-state index < -0.39 is 0 Å². The Bertz CT molecular complexity index is 291. The predicted octanol–water partition coefficient (Wildman–Crippen LogP) is 1.47. The molecule has 4 heteroatoms. The second-order valence-corrected chi connectivity index (χ2v) is 4.72. The van der Waals surface area contributed by atoms with Crippen LogP contribution >= 0.6 is 0 Å². The van der Waals surface area contributed by atoms with Crippen LogP contribution in [0.3, 0.4) is 0 Å². The molecule has 4 nitrogen and oxygen atoms in total. The average Bonchev–Trinajstić information content (AvgIpc) is 3.01. The average molecular weight is 206 g/mol. The Balaban J connectivity index is 1.84. The molecule has 0 bridgehead atoms. The van der Waals surface area contributed by atoms with Crippen LogP contribution in [0.2, 0.25) is 0 Å². The largest absolute Gasteiger partial charge is 0.316 e. The second kappa shape index (κ2) is 3.93. The lowest BCUT2D eigenvalue weighted by Gasteiger charge is -2.16. The lowest BCUT2D eigenvalue weighted by atomic mass is 10.1. The van der Waals surface area contributed by atoms with Gasteiger partial charge in [-0.2, -0.15) is 0 Å². The van der Waals surface area contributed by atoms with E-state index in [1.165, 1.54) is 37.9 Å². The molecule has 2 aliphatic rings. The third-order valence-corrected chi connectivity index (χ3v) is 3.74. The van der Waals surface area contributed by atoms with Crippen LogP contribution in [0.1, 0.15) is 49.9 Å². The minimum absolute atomic E-state index is 0.591. The molecule has 3 rings (SSSR count). The highest BCUT2D eigenvalue weighted by atomic mass is 15.3. The summed E-state index contributed by atoms with van der Waals surface area (Å²) in [6.45, 7) is 2.20. The molecule has 15 heavy (non-hydrogen) atoms. The molecule has 1 aromatic heterocycles. The topological polar surface area (TPSA) is 42.7 Å². The van der Waals surface area contributed by atoms with Gasteiger partial charge in [-0.25, -0.2) is 0 Å². The Morgan fingerprint density at radius 3 is 2.87 bits per heavy atom. The van der Waals surface area contributed by atoms with Gasteiger partial charge in [-0.05, 0) is 25.8 Å². The summed E-state index contributed by atoms with van der Waals surface area (Å²) >= 11 is 0. The van der Waals surface area contributed by atoms with Crippen molar-refractivity contribution in [1.82, 2.24) is 20.1 Å². The summed E-state index contributed by atoms with van der Waals surface area (Å²) in [5, 5.41) is 11.8. The Kier molecular flexibility index (Phi) is 2.44. The van der Waals surface area contributed by atoms with Crippen molar-refractivity contribution in [2.45, 2.75) is 44.1 Å². The van der Waals surface area contributed by atoms with Gasteiger partial charge in [0.25, 0.3) is 0 Å². The fraction of sp³-hybridized carbons (Fsp3) is 0.818. The molecular weight excluding hydrogens is 188 g/mol. The molecule has 0 spiro atoms. The van der Waals surface area contributed by atoms with Crippen molar-refractivity contribution < 1.29 is 0 Å². The monoisotopic (exact) mass is 206 g/mol. The van der Waals surface area contributed by atoms with E-state index in [2.05, 4.69) is 20.1 Å². The third-order valence-electron chi connectivity index (χ3n) is 3.74. The van der Waals surface area contributed by atoms with Crippen molar-refractivity contribution in [3.63, 3.8) is 0 Å². The molecule has 2 fully saturated rings. The van der Waals surface area contributed by atoms with E-state index in [0.717, 1.165) is 13.1 Å². The zero-order valence-electron chi connectivity index (χ0n) is 9.02. The van der Waals surface area contributed by atoms with Crippen LogP contribution in [0, 0.1) is 0 Å². The highest BCUT2D eigenvalue weighted by Gasteiger charge is 2.26. The molecule has 1 saturated heterocycles. The first-order chi connectivity index (χ1) is 7.45. The van der Waals surface area contributed by atoms with Gasteiger partial charge >= 0.3 is 0 Å². The van der Waals surface area contributed by atoms with Crippen molar-refractivity contribution in [3.8, 4) is 0 Å². The van der Waals surface area contributed by atoms with Gasteiger partial charge in [-0.1, -0.05) is 12.8 Å². The molecule has 1 N–H and O–H groups in total. The zero-order chi connectivity index (χ0) is 10.1. The number of nitrogens with zero attached hydrogens (tertiary/aromatic N) is 3. The molecule has 1 saturated carbocycles. The number of aromatic nitrogens is 3. The third kappa shape index (κ3) is 1.67. The predicted molar refractivity (Wildman–Crippen MR) is 57.8 cm³/mol. The SMILES string of the molecule is c1nnc(C2CCNC2)n1C1CCCC1. The van der Waals surface area contributed by atoms with Gasteiger partial charge in [0.2, 0.25) is 0 Å². The van der Waals surface area contributed by atoms with Crippen LogP contribution in [-0.2, 0) is 0 Å². The molecule has 0 aromatic carbocycles. The maximum atomic E-state index is 4.32. The van der Waals surface area contributed by atoms with E-state index in [-0.39, 0.29) is 0 Å². The minimum Gasteiger partial charge on any atom is -0.316 e. The van der Waals surface area contributed by atoms with Gasteiger partial charge in [-0.15, -0.1) is 10.2 Å². The van der Waals surface area contributed by atoms with Crippen molar-refractivity contribution >= 4 is 0 Å². The fourth-order valence-corrected chi connectivity index (χ4v) is 2.88. The summed E-state index contributed by atoms with van der Waals surface area (Å²) in [6.07, 6.45) is 8.50. The molecular formula is C11H18N4. The summed E-state index contributed by atoms with van der Waals surface area (Å²) in [7, 11) is 0. The molecule has 1 unspecified atom stereocenters. The lowest BCUT2D eigenvalue weighted by molar-refractivity contribution is 0.479. The Morgan fingerprint density at radius 2 is 2.13 bits per heavy atom. The molecule has 82 valence electrons. The van der Waals surface area contributed by atoms with Crippen LogP contribution in [0.15, 0.2) is 6.33 Å². The van der Waals surface area contributed by atoms with Gasteiger partial charge in [0.15, 0.2) is 0 Å². The molecule has 1 aliphatic heterocycles. The number of rotatable bonds is 2. The van der Waals surface area contributed by atoms with E-state index in [9.17, 15) is 0 Å². The van der Waals surface area contributed by atoms with E-state index in [0.29, 0.717) is 12.0 Å². The number of nitrogens with one attached hydrogen (secondary N) is 1. The van der Waals surface area contributed by atoms with Gasteiger partial charge < -0.3 is 9.88 Å². The van der Waals surface area contributed by atoms with Crippen LogP contribution in [0.4, 0.5) is 0 Å². The van der Waals surface area contributed by atoms with Crippen molar-refractivity contribution in [2.75, 3.05) is 13.1 Å². The van der Waals surface area contributed by atoms with E-state index in [4.69, 9.17) is 0 Å². The first kappa shape index (κ1) is 9.33. The highest BCUT2D eigenvalue weighted by Crippen LogP contribution is 2.32. The summed E-state index contributed by atoms with van der Waals surface area (Å²) in [4.78, 5) is 0. The van der Waals surface area contributed by atoms with Crippen LogP contribution in [0.5, 0.6) is 0 Å². The molecule has 0 amide bonds. The quantitative estimate of drug-likeness (QED) is 0.796. The highest BCUT2D eigenvalue weighted by molar-refractivity contribution is 5.02. The van der Waals surface area contributed by atoms with E-state index in [1.54, 1.807) is 0 Å². The second-order valence-electron chi connectivity index (χ2n) is 4.72. The van der Waals surface area contributed by atoms with Crippen LogP contribution < -0.4 is 5.32 Å². The molecule has 1 aliphatic carbocycles. The lowest BCUT2D eigenvalue weighted by Crippen LogP contribution is -2.14.